The van der Waals surface area contributed by atoms with Crippen LogP contribution in [0.3, 0.4) is 0 Å². The molecule has 3 aliphatic heterocycles. The summed E-state index contributed by atoms with van der Waals surface area (Å²) in [5.41, 5.74) is 0.0890. The van der Waals surface area contributed by atoms with E-state index in [1.807, 2.05) is 0 Å². The van der Waals surface area contributed by atoms with Crippen molar-refractivity contribution in [2.75, 3.05) is 26.2 Å². The van der Waals surface area contributed by atoms with Gasteiger partial charge in [-0.3, -0.25) is 14.5 Å². The predicted octanol–water partition coefficient (Wildman–Crippen LogP) is 1.86. The fourth-order valence-electron chi connectivity index (χ4n) is 6.14. The molecule has 1 saturated carbocycles. The maximum Gasteiger partial charge on any atom is 0.237 e. The molecule has 4 fully saturated rings. The second kappa shape index (κ2) is 6.01. The molecule has 4 aliphatic rings. The Hall–Kier alpha value is -1.10. The van der Waals surface area contributed by atoms with Gasteiger partial charge in [0.1, 0.15) is 0 Å². The largest absolute Gasteiger partial charge is 0.336 e. The first-order chi connectivity index (χ1) is 11.5. The van der Waals surface area contributed by atoms with Crippen molar-refractivity contribution in [3.05, 3.63) is 0 Å². The maximum absolute atomic E-state index is 13.1. The van der Waals surface area contributed by atoms with Gasteiger partial charge in [0.25, 0.3) is 0 Å². The van der Waals surface area contributed by atoms with E-state index in [9.17, 15) is 9.59 Å². The smallest absolute Gasteiger partial charge is 0.237 e. The van der Waals surface area contributed by atoms with E-state index in [2.05, 4.69) is 21.6 Å². The van der Waals surface area contributed by atoms with Crippen LogP contribution in [0.15, 0.2) is 0 Å². The van der Waals surface area contributed by atoms with Crippen molar-refractivity contribution in [1.29, 1.82) is 0 Å². The molecule has 0 unspecified atom stereocenters. The lowest BCUT2D eigenvalue weighted by Crippen LogP contribution is -2.57. The third kappa shape index (κ3) is 2.47. The minimum atomic E-state index is 0.0890. The highest BCUT2D eigenvalue weighted by Gasteiger charge is 2.60. The Morgan fingerprint density at radius 2 is 1.71 bits per heavy atom. The molecule has 0 aromatic rings. The quantitative estimate of drug-likeness (QED) is 0.775. The lowest BCUT2D eigenvalue weighted by atomic mass is 9.71. The molecule has 2 bridgehead atoms. The number of likely N-dealkylation sites (tertiary alicyclic amines) is 3. The number of amides is 2. The lowest BCUT2D eigenvalue weighted by Gasteiger charge is -2.46. The molecule has 24 heavy (non-hydrogen) atoms. The average Bonchev–Trinajstić information content (AvgIpc) is 3.07. The molecule has 3 heterocycles. The Bertz CT molecular complexity index is 531. The summed E-state index contributed by atoms with van der Waals surface area (Å²) in [6, 6.07) is 0.882. The standard InChI is InChI=1S/C19H31N3O2/c1-14(23)22-15-11-19(2)16(7-3-4-8-17(19)22)21(12-15)18(24)13-20-9-5-6-10-20/h15-17H,3-13H2,1-2H3/t15-,16+,17-,19+/m0/s1. The highest BCUT2D eigenvalue weighted by atomic mass is 16.2. The monoisotopic (exact) mass is 333 g/mol. The van der Waals surface area contributed by atoms with Gasteiger partial charge < -0.3 is 9.80 Å². The molecular weight excluding hydrogens is 302 g/mol. The zero-order valence-corrected chi connectivity index (χ0v) is 15.2. The van der Waals surface area contributed by atoms with E-state index in [0.717, 1.165) is 38.9 Å². The van der Waals surface area contributed by atoms with Gasteiger partial charge in [-0.1, -0.05) is 19.8 Å². The van der Waals surface area contributed by atoms with Crippen LogP contribution in [-0.2, 0) is 9.59 Å². The topological polar surface area (TPSA) is 43.9 Å². The summed E-state index contributed by atoms with van der Waals surface area (Å²) in [4.78, 5) is 32.0. The van der Waals surface area contributed by atoms with E-state index in [1.54, 1.807) is 6.92 Å². The molecule has 1 aliphatic carbocycles. The third-order valence-electron chi connectivity index (χ3n) is 7.16. The molecule has 3 saturated heterocycles. The second-order valence-corrected chi connectivity index (χ2v) is 8.64. The van der Waals surface area contributed by atoms with Crippen LogP contribution >= 0.6 is 0 Å². The first kappa shape index (κ1) is 16.4. The molecule has 0 spiro atoms. The molecule has 0 aromatic carbocycles. The highest BCUT2D eigenvalue weighted by molar-refractivity contribution is 5.80. The van der Waals surface area contributed by atoms with Crippen LogP contribution in [0.2, 0.25) is 0 Å². The Morgan fingerprint density at radius 1 is 1.04 bits per heavy atom. The van der Waals surface area contributed by atoms with E-state index in [1.165, 1.54) is 25.7 Å². The minimum Gasteiger partial charge on any atom is -0.336 e. The molecule has 0 aromatic heterocycles. The van der Waals surface area contributed by atoms with E-state index >= 15 is 0 Å². The van der Waals surface area contributed by atoms with Crippen LogP contribution in [0.5, 0.6) is 0 Å². The average molecular weight is 333 g/mol. The molecule has 0 N–H and O–H groups in total. The van der Waals surface area contributed by atoms with Crippen LogP contribution in [0.4, 0.5) is 0 Å². The predicted molar refractivity (Wildman–Crippen MR) is 92.5 cm³/mol. The van der Waals surface area contributed by atoms with Crippen LogP contribution in [-0.4, -0.2) is 70.8 Å². The van der Waals surface area contributed by atoms with Gasteiger partial charge in [0, 0.05) is 31.0 Å². The van der Waals surface area contributed by atoms with Crippen molar-refractivity contribution in [3.63, 3.8) is 0 Å². The van der Waals surface area contributed by atoms with Gasteiger partial charge in [-0.05, 0) is 45.2 Å². The molecule has 0 radical (unpaired) electrons. The summed E-state index contributed by atoms with van der Waals surface area (Å²) in [6.45, 7) is 7.51. The van der Waals surface area contributed by atoms with E-state index in [0.29, 0.717) is 24.5 Å². The van der Waals surface area contributed by atoms with Crippen molar-refractivity contribution in [2.45, 2.75) is 76.9 Å². The molecule has 4 rings (SSSR count). The van der Waals surface area contributed by atoms with E-state index in [4.69, 9.17) is 0 Å². The number of fused-ring (bicyclic) bond motifs is 1. The van der Waals surface area contributed by atoms with Crippen molar-refractivity contribution in [1.82, 2.24) is 14.7 Å². The summed E-state index contributed by atoms with van der Waals surface area (Å²) in [5, 5.41) is 0. The molecule has 4 atom stereocenters. The normalized spacial score (nSPS) is 39.2. The summed E-state index contributed by atoms with van der Waals surface area (Å²) in [5.74, 6) is 0.493. The number of nitrogens with zero attached hydrogens (tertiary/aromatic N) is 3. The zero-order chi connectivity index (χ0) is 16.9. The van der Waals surface area contributed by atoms with E-state index < -0.39 is 0 Å². The Balaban J connectivity index is 1.60. The summed E-state index contributed by atoms with van der Waals surface area (Å²) in [7, 11) is 0. The molecule has 5 nitrogen and oxygen atoms in total. The number of rotatable bonds is 2. The lowest BCUT2D eigenvalue weighted by molar-refractivity contribution is -0.140. The van der Waals surface area contributed by atoms with Gasteiger partial charge >= 0.3 is 0 Å². The van der Waals surface area contributed by atoms with Crippen molar-refractivity contribution >= 4 is 11.8 Å². The number of piperidine rings is 1. The molecule has 5 heteroatoms. The molecule has 134 valence electrons. The van der Waals surface area contributed by atoms with Crippen LogP contribution in [0, 0.1) is 5.41 Å². The third-order valence-corrected chi connectivity index (χ3v) is 7.16. The van der Waals surface area contributed by atoms with Gasteiger partial charge in [0.05, 0.1) is 12.6 Å². The Labute approximate surface area is 145 Å². The van der Waals surface area contributed by atoms with Gasteiger partial charge in [-0.2, -0.15) is 0 Å². The SMILES string of the molecule is CC(=O)N1[C@@H]2CN(C(=O)CN3CCCC3)[C@@H]3CCCC[C@H]1[C@]3(C)C2. The fraction of sp³-hybridized carbons (Fsp3) is 0.895. The minimum absolute atomic E-state index is 0.0890. The van der Waals surface area contributed by atoms with Crippen molar-refractivity contribution < 1.29 is 9.59 Å². The molecular formula is C19H31N3O2. The van der Waals surface area contributed by atoms with Crippen molar-refractivity contribution in [3.8, 4) is 0 Å². The second-order valence-electron chi connectivity index (χ2n) is 8.64. The number of hydrogen-bond donors (Lipinski definition) is 0. The maximum atomic E-state index is 13.1. The zero-order valence-electron chi connectivity index (χ0n) is 15.2. The number of hydrogen-bond acceptors (Lipinski definition) is 3. The van der Waals surface area contributed by atoms with Gasteiger partial charge in [-0.25, -0.2) is 0 Å². The number of carbonyl (C=O) groups excluding carboxylic acids is 2. The first-order valence-electron chi connectivity index (χ1n) is 9.81. The van der Waals surface area contributed by atoms with Gasteiger partial charge in [0.15, 0.2) is 0 Å². The van der Waals surface area contributed by atoms with Crippen LogP contribution < -0.4 is 0 Å². The Morgan fingerprint density at radius 3 is 2.38 bits per heavy atom. The summed E-state index contributed by atoms with van der Waals surface area (Å²) in [6.07, 6.45) is 8.10. The van der Waals surface area contributed by atoms with Gasteiger partial charge in [-0.15, -0.1) is 0 Å². The first-order valence-corrected chi connectivity index (χ1v) is 9.81. The summed E-state index contributed by atoms with van der Waals surface area (Å²) < 4.78 is 0. The highest BCUT2D eigenvalue weighted by Crippen LogP contribution is 2.53. The van der Waals surface area contributed by atoms with E-state index in [-0.39, 0.29) is 17.4 Å². The summed E-state index contributed by atoms with van der Waals surface area (Å²) >= 11 is 0. The number of carbonyl (C=O) groups is 2. The van der Waals surface area contributed by atoms with Crippen molar-refractivity contribution in [2.24, 2.45) is 5.41 Å². The van der Waals surface area contributed by atoms with Crippen LogP contribution in [0.25, 0.3) is 0 Å². The Kier molecular flexibility index (Phi) is 4.10. The van der Waals surface area contributed by atoms with Crippen LogP contribution in [0.1, 0.15) is 58.8 Å². The van der Waals surface area contributed by atoms with Gasteiger partial charge in [0.2, 0.25) is 11.8 Å². The fourth-order valence-corrected chi connectivity index (χ4v) is 6.14. The molecule has 2 amide bonds.